The number of carbonyl (C=O) groups excluding carboxylic acids is 3. The van der Waals surface area contributed by atoms with Gasteiger partial charge in [0.05, 0.1) is 16.1 Å². The number of alkyl halides is 1. The van der Waals surface area contributed by atoms with Gasteiger partial charge in [-0.15, -0.1) is 0 Å². The number of benzene rings is 1. The highest BCUT2D eigenvalue weighted by molar-refractivity contribution is 7.22. The molecule has 0 radical (unpaired) electrons. The molecule has 30 heavy (non-hydrogen) atoms. The number of thiazole rings is 1. The number of hydroxylamine groups is 1. The Morgan fingerprint density at radius 2 is 2.13 bits per heavy atom. The lowest BCUT2D eigenvalue weighted by atomic mass is 9.94. The number of nitrogens with one attached hydrogen (secondary N) is 2. The molecule has 0 saturated carbocycles. The largest absolute Gasteiger partial charge is 0.330 e. The summed E-state index contributed by atoms with van der Waals surface area (Å²) in [5, 5.41) is 12.0. The molecular formula is C20H25FN4O4S. The van der Waals surface area contributed by atoms with Crippen LogP contribution in [0.5, 0.6) is 0 Å². The number of unbranched alkanes of at least 4 members (excludes halogenated alkanes) is 1. The molecule has 3 amide bonds. The van der Waals surface area contributed by atoms with Gasteiger partial charge in [-0.25, -0.2) is 14.9 Å². The van der Waals surface area contributed by atoms with Crippen LogP contribution < -0.4 is 10.8 Å². The fourth-order valence-electron chi connectivity index (χ4n) is 3.69. The molecule has 3 N–H and O–H groups in total. The Morgan fingerprint density at radius 1 is 1.37 bits per heavy atom. The van der Waals surface area contributed by atoms with E-state index in [1.807, 2.05) is 31.2 Å². The summed E-state index contributed by atoms with van der Waals surface area (Å²) < 4.78 is 15.5. The molecule has 1 saturated heterocycles. The number of amides is 3. The van der Waals surface area contributed by atoms with Gasteiger partial charge in [-0.2, -0.15) is 0 Å². The summed E-state index contributed by atoms with van der Waals surface area (Å²) in [6.07, 6.45) is 0.305. The number of halogens is 1. The van der Waals surface area contributed by atoms with Crippen molar-refractivity contribution < 1.29 is 24.0 Å². The standard InChI is InChI=1S/C20H25FN4O4S/c1-2-3-7-12(16(21)18(27)24-29)19(28)25-11-6-9-14(25)17(26)23-20-22-13-8-4-5-10-15(13)30-20/h4-5,8,10,12,14,16,29H,2-3,6-7,9,11H2,1H3,(H,24,27)(H,22,23,26)/t12-,14+,16+/m1/s1. The molecule has 2 heterocycles. The van der Waals surface area contributed by atoms with E-state index in [4.69, 9.17) is 5.21 Å². The lowest BCUT2D eigenvalue weighted by Gasteiger charge is -2.29. The molecule has 1 aliphatic heterocycles. The van der Waals surface area contributed by atoms with Crippen molar-refractivity contribution in [1.82, 2.24) is 15.4 Å². The van der Waals surface area contributed by atoms with E-state index in [1.54, 1.807) is 0 Å². The zero-order valence-electron chi connectivity index (χ0n) is 16.6. The van der Waals surface area contributed by atoms with Crippen molar-refractivity contribution in [3.63, 3.8) is 0 Å². The molecule has 1 aromatic heterocycles. The number of rotatable bonds is 8. The molecule has 1 aromatic carbocycles. The van der Waals surface area contributed by atoms with Crippen LogP contribution in [-0.2, 0) is 14.4 Å². The van der Waals surface area contributed by atoms with Crippen molar-refractivity contribution in [3.8, 4) is 0 Å². The molecule has 1 aliphatic rings. The predicted molar refractivity (Wildman–Crippen MR) is 111 cm³/mol. The number of hydrogen-bond acceptors (Lipinski definition) is 6. The van der Waals surface area contributed by atoms with Crippen molar-refractivity contribution in [1.29, 1.82) is 0 Å². The van der Waals surface area contributed by atoms with Crippen LogP contribution in [0.2, 0.25) is 0 Å². The molecule has 10 heteroatoms. The molecule has 0 unspecified atom stereocenters. The summed E-state index contributed by atoms with van der Waals surface area (Å²) in [4.78, 5) is 43.2. The third-order valence-corrected chi connectivity index (χ3v) is 6.21. The van der Waals surface area contributed by atoms with E-state index in [9.17, 15) is 18.8 Å². The number of anilines is 1. The highest BCUT2D eigenvalue weighted by atomic mass is 32.1. The Labute approximate surface area is 177 Å². The normalized spacial score (nSPS) is 18.2. The Hall–Kier alpha value is -2.59. The molecule has 1 fully saturated rings. The van der Waals surface area contributed by atoms with E-state index in [1.165, 1.54) is 21.7 Å². The Balaban J connectivity index is 1.74. The number of para-hydroxylation sites is 1. The minimum absolute atomic E-state index is 0.159. The summed E-state index contributed by atoms with van der Waals surface area (Å²) in [5.41, 5.74) is 2.05. The van der Waals surface area contributed by atoms with Crippen LogP contribution in [0.4, 0.5) is 9.52 Å². The van der Waals surface area contributed by atoms with Crippen molar-refractivity contribution in [2.24, 2.45) is 5.92 Å². The molecule has 162 valence electrons. The van der Waals surface area contributed by atoms with Crippen LogP contribution in [-0.4, -0.2) is 51.6 Å². The second-order valence-electron chi connectivity index (χ2n) is 7.29. The minimum atomic E-state index is -2.18. The summed E-state index contributed by atoms with van der Waals surface area (Å²) in [6.45, 7) is 2.21. The van der Waals surface area contributed by atoms with Crippen molar-refractivity contribution in [3.05, 3.63) is 24.3 Å². The van der Waals surface area contributed by atoms with Gasteiger partial charge in [-0.05, 0) is 31.4 Å². The molecule has 0 spiro atoms. The lowest BCUT2D eigenvalue weighted by molar-refractivity contribution is -0.148. The average Bonchev–Trinajstić information content (AvgIpc) is 3.39. The highest BCUT2D eigenvalue weighted by Gasteiger charge is 2.41. The van der Waals surface area contributed by atoms with E-state index in [2.05, 4.69) is 10.3 Å². The molecule has 8 nitrogen and oxygen atoms in total. The number of hydrogen-bond donors (Lipinski definition) is 3. The maximum Gasteiger partial charge on any atom is 0.278 e. The van der Waals surface area contributed by atoms with Gasteiger partial charge in [0.2, 0.25) is 11.8 Å². The van der Waals surface area contributed by atoms with Crippen LogP contribution in [0.25, 0.3) is 10.2 Å². The number of aromatic nitrogens is 1. The van der Waals surface area contributed by atoms with E-state index in [0.29, 0.717) is 30.9 Å². The second-order valence-corrected chi connectivity index (χ2v) is 8.32. The Kier molecular flexibility index (Phi) is 7.33. The maximum atomic E-state index is 14.6. The summed E-state index contributed by atoms with van der Waals surface area (Å²) in [7, 11) is 0. The van der Waals surface area contributed by atoms with Gasteiger partial charge in [0.25, 0.3) is 5.91 Å². The van der Waals surface area contributed by atoms with Crippen molar-refractivity contribution in [2.45, 2.75) is 51.2 Å². The summed E-state index contributed by atoms with van der Waals surface area (Å²) in [5.74, 6) is -3.45. The SMILES string of the molecule is CCCC[C@@H](C(=O)N1CCC[C@H]1C(=O)Nc1nc2ccccc2s1)[C@H](F)C(=O)NO. The van der Waals surface area contributed by atoms with Gasteiger partial charge in [0.15, 0.2) is 11.3 Å². The maximum absolute atomic E-state index is 14.6. The average molecular weight is 437 g/mol. The molecule has 0 bridgehead atoms. The van der Waals surface area contributed by atoms with Gasteiger partial charge < -0.3 is 10.2 Å². The topological polar surface area (TPSA) is 112 Å². The number of carbonyl (C=O) groups is 3. The van der Waals surface area contributed by atoms with Gasteiger partial charge in [-0.1, -0.05) is 43.2 Å². The predicted octanol–water partition coefficient (Wildman–Crippen LogP) is 2.88. The minimum Gasteiger partial charge on any atom is -0.330 e. The third-order valence-electron chi connectivity index (χ3n) is 5.26. The van der Waals surface area contributed by atoms with Gasteiger partial charge >= 0.3 is 0 Å². The zero-order valence-corrected chi connectivity index (χ0v) is 17.5. The lowest BCUT2D eigenvalue weighted by Crippen LogP contribution is -2.49. The van der Waals surface area contributed by atoms with Crippen molar-refractivity contribution >= 4 is 44.4 Å². The molecule has 3 atom stereocenters. The van der Waals surface area contributed by atoms with Crippen LogP contribution in [0, 0.1) is 5.92 Å². The van der Waals surface area contributed by atoms with E-state index in [0.717, 1.165) is 16.6 Å². The summed E-state index contributed by atoms with van der Waals surface area (Å²) >= 11 is 1.34. The number of likely N-dealkylation sites (tertiary alicyclic amines) is 1. The first-order valence-corrected chi connectivity index (χ1v) is 10.8. The zero-order chi connectivity index (χ0) is 21.7. The van der Waals surface area contributed by atoms with Crippen LogP contribution >= 0.6 is 11.3 Å². The van der Waals surface area contributed by atoms with Gasteiger partial charge in [0.1, 0.15) is 6.04 Å². The quantitative estimate of drug-likeness (QED) is 0.435. The van der Waals surface area contributed by atoms with Crippen molar-refractivity contribution in [2.75, 3.05) is 11.9 Å². The first-order valence-electron chi connectivity index (χ1n) is 10.0. The van der Waals surface area contributed by atoms with Gasteiger partial charge in [0, 0.05) is 6.54 Å². The number of fused-ring (bicyclic) bond motifs is 1. The molecule has 3 rings (SSSR count). The Bertz CT molecular complexity index is 888. The van der Waals surface area contributed by atoms with E-state index < -0.39 is 29.9 Å². The fraction of sp³-hybridized carbons (Fsp3) is 0.500. The van der Waals surface area contributed by atoms with E-state index in [-0.39, 0.29) is 12.3 Å². The fourth-order valence-corrected chi connectivity index (χ4v) is 4.56. The van der Waals surface area contributed by atoms with E-state index >= 15 is 0 Å². The van der Waals surface area contributed by atoms with Crippen LogP contribution in [0.3, 0.4) is 0 Å². The third kappa shape index (κ3) is 4.76. The first-order chi connectivity index (χ1) is 14.5. The summed E-state index contributed by atoms with van der Waals surface area (Å²) in [6, 6.07) is 6.74. The smallest absolute Gasteiger partial charge is 0.278 e. The van der Waals surface area contributed by atoms with Crippen LogP contribution in [0.1, 0.15) is 39.0 Å². The Morgan fingerprint density at radius 3 is 2.83 bits per heavy atom. The highest BCUT2D eigenvalue weighted by Crippen LogP contribution is 2.29. The molecular weight excluding hydrogens is 411 g/mol. The number of nitrogens with zero attached hydrogens (tertiary/aromatic N) is 2. The second kappa shape index (κ2) is 9.94. The molecule has 2 aromatic rings. The first kappa shape index (κ1) is 22.1. The van der Waals surface area contributed by atoms with Crippen LogP contribution in [0.15, 0.2) is 24.3 Å². The van der Waals surface area contributed by atoms with Gasteiger partial charge in [-0.3, -0.25) is 19.6 Å². The monoisotopic (exact) mass is 436 g/mol. The molecule has 0 aliphatic carbocycles.